The van der Waals surface area contributed by atoms with Crippen LogP contribution in [0.25, 0.3) is 0 Å². The lowest BCUT2D eigenvalue weighted by atomic mass is 10.0. The predicted molar refractivity (Wildman–Crippen MR) is 200 cm³/mol. The van der Waals surface area contributed by atoms with Crippen LogP contribution in [-0.2, 0) is 12.8 Å². The lowest BCUT2D eigenvalue weighted by Gasteiger charge is -2.06. The molecule has 0 fully saturated rings. The summed E-state index contributed by atoms with van der Waals surface area (Å²) in [5, 5.41) is 0. The van der Waals surface area contributed by atoms with Crippen molar-refractivity contribution < 1.29 is 0 Å². The number of hydrogen-bond acceptors (Lipinski definition) is 1. The first-order valence-corrected chi connectivity index (χ1v) is 20.8. The maximum absolute atomic E-state index is 4.57. The van der Waals surface area contributed by atoms with E-state index >= 15 is 0 Å². The highest BCUT2D eigenvalue weighted by Crippen LogP contribution is 2.17. The molecular weight excluding hydrogens is 530 g/mol. The molecule has 0 spiro atoms. The number of unbranched alkanes of at least 4 members (excludes halogenated alkanes) is 32. The average Bonchev–Trinajstić information content (AvgIpc) is 3.04. The molecule has 1 rings (SSSR count). The van der Waals surface area contributed by atoms with Crippen LogP contribution < -0.4 is 0 Å². The quantitative estimate of drug-likeness (QED) is 0.0688. The van der Waals surface area contributed by atoms with E-state index in [1.807, 2.05) is 0 Å². The summed E-state index contributed by atoms with van der Waals surface area (Å²) in [6, 6.07) is 2.45. The van der Waals surface area contributed by atoms with E-state index in [-0.39, 0.29) is 0 Å². The molecular formula is C43H81N. The largest absolute Gasteiger partial charge is 0.264 e. The number of nitrogens with zero attached hydrogens (tertiary/aromatic N) is 1. The van der Waals surface area contributed by atoms with Crippen LogP contribution in [-0.4, -0.2) is 4.98 Å². The zero-order valence-corrected chi connectivity index (χ0v) is 30.6. The average molecular weight is 612 g/mol. The fourth-order valence-corrected chi connectivity index (χ4v) is 6.92. The molecule has 1 aromatic rings. The summed E-state index contributed by atoms with van der Waals surface area (Å²) < 4.78 is 0. The maximum atomic E-state index is 4.57. The Bertz CT molecular complexity index is 613. The first-order valence-electron chi connectivity index (χ1n) is 20.8. The van der Waals surface area contributed by atoms with Crippen molar-refractivity contribution in [1.82, 2.24) is 4.98 Å². The van der Waals surface area contributed by atoms with Crippen molar-refractivity contribution in [3.63, 3.8) is 0 Å². The molecule has 0 aliphatic rings. The second-order valence-electron chi connectivity index (χ2n) is 14.5. The Kier molecular flexibility index (Phi) is 32.8. The summed E-state index contributed by atoms with van der Waals surface area (Å²) in [7, 11) is 0. The third kappa shape index (κ3) is 29.8. The van der Waals surface area contributed by atoms with Crippen LogP contribution in [0.4, 0.5) is 0 Å². The van der Waals surface area contributed by atoms with Crippen LogP contribution in [0, 0.1) is 0 Å². The van der Waals surface area contributed by atoms with Crippen LogP contribution in [0.15, 0.2) is 18.5 Å². The van der Waals surface area contributed by atoms with Gasteiger partial charge in [0.2, 0.25) is 0 Å². The van der Waals surface area contributed by atoms with Gasteiger partial charge in [-0.25, -0.2) is 0 Å². The number of aromatic nitrogens is 1. The lowest BCUT2D eigenvalue weighted by molar-refractivity contribution is 0.527. The molecule has 0 radical (unpaired) electrons. The Labute approximate surface area is 279 Å². The van der Waals surface area contributed by atoms with E-state index in [0.29, 0.717) is 0 Å². The SMILES string of the molecule is CCCCCCCCCCCCCCCCCCCc1cncc(CCCCCCCCCCCCCCCCCCC)c1. The Morgan fingerprint density at radius 3 is 0.727 bits per heavy atom. The first kappa shape index (κ1) is 41.2. The van der Waals surface area contributed by atoms with Gasteiger partial charge in [-0.1, -0.05) is 225 Å². The third-order valence-corrected chi connectivity index (χ3v) is 9.99. The fraction of sp³-hybridized carbons (Fsp3) is 0.884. The normalized spacial score (nSPS) is 11.5. The van der Waals surface area contributed by atoms with Gasteiger partial charge in [0.1, 0.15) is 0 Å². The summed E-state index contributed by atoms with van der Waals surface area (Å²) in [6.07, 6.45) is 55.8. The molecule has 0 amide bonds. The van der Waals surface area contributed by atoms with Gasteiger partial charge in [-0.3, -0.25) is 4.98 Å². The number of rotatable bonds is 36. The number of hydrogen-bond donors (Lipinski definition) is 0. The van der Waals surface area contributed by atoms with Crippen molar-refractivity contribution in [2.24, 2.45) is 0 Å². The minimum atomic E-state index is 1.22. The van der Waals surface area contributed by atoms with Crippen molar-refractivity contribution in [1.29, 1.82) is 0 Å². The van der Waals surface area contributed by atoms with Gasteiger partial charge in [0.05, 0.1) is 0 Å². The minimum absolute atomic E-state index is 1.22. The maximum Gasteiger partial charge on any atom is 0.0300 e. The van der Waals surface area contributed by atoms with E-state index in [0.717, 1.165) is 0 Å². The Hall–Kier alpha value is -0.850. The van der Waals surface area contributed by atoms with Crippen LogP contribution in [0.1, 0.15) is 243 Å². The molecule has 0 aromatic carbocycles. The fourth-order valence-electron chi connectivity index (χ4n) is 6.92. The summed E-state index contributed by atoms with van der Waals surface area (Å²) in [5.41, 5.74) is 2.94. The highest BCUT2D eigenvalue weighted by atomic mass is 14.6. The van der Waals surface area contributed by atoms with Crippen molar-refractivity contribution in [2.45, 2.75) is 245 Å². The molecule has 0 N–H and O–H groups in total. The van der Waals surface area contributed by atoms with Crippen LogP contribution in [0.2, 0.25) is 0 Å². The molecule has 0 atom stereocenters. The summed E-state index contributed by atoms with van der Waals surface area (Å²) >= 11 is 0. The lowest BCUT2D eigenvalue weighted by Crippen LogP contribution is -1.93. The van der Waals surface area contributed by atoms with Crippen LogP contribution >= 0.6 is 0 Å². The van der Waals surface area contributed by atoms with Gasteiger partial charge in [0.15, 0.2) is 0 Å². The first-order chi connectivity index (χ1) is 21.9. The number of aryl methyl sites for hydroxylation is 2. The Morgan fingerprint density at radius 1 is 0.295 bits per heavy atom. The highest BCUT2D eigenvalue weighted by molar-refractivity contribution is 5.18. The molecule has 0 bridgehead atoms. The third-order valence-electron chi connectivity index (χ3n) is 9.99. The van der Waals surface area contributed by atoms with Gasteiger partial charge >= 0.3 is 0 Å². The second kappa shape index (κ2) is 35.0. The van der Waals surface area contributed by atoms with Gasteiger partial charge in [0.25, 0.3) is 0 Å². The molecule has 1 nitrogen and oxygen atoms in total. The van der Waals surface area contributed by atoms with Crippen molar-refractivity contribution >= 4 is 0 Å². The van der Waals surface area contributed by atoms with Gasteiger partial charge in [-0.2, -0.15) is 0 Å². The molecule has 0 unspecified atom stereocenters. The van der Waals surface area contributed by atoms with E-state index in [9.17, 15) is 0 Å². The van der Waals surface area contributed by atoms with Crippen molar-refractivity contribution in [3.05, 3.63) is 29.6 Å². The van der Waals surface area contributed by atoms with Gasteiger partial charge in [-0.15, -0.1) is 0 Å². The monoisotopic (exact) mass is 612 g/mol. The van der Waals surface area contributed by atoms with Crippen molar-refractivity contribution in [2.75, 3.05) is 0 Å². The second-order valence-corrected chi connectivity index (χ2v) is 14.5. The summed E-state index contributed by atoms with van der Waals surface area (Å²) in [5.74, 6) is 0. The topological polar surface area (TPSA) is 12.9 Å². The minimum Gasteiger partial charge on any atom is -0.264 e. The molecule has 0 aliphatic carbocycles. The van der Waals surface area contributed by atoms with E-state index < -0.39 is 0 Å². The molecule has 0 saturated carbocycles. The Balaban J connectivity index is 1.83. The molecule has 0 aliphatic heterocycles. The van der Waals surface area contributed by atoms with Crippen LogP contribution in [0.5, 0.6) is 0 Å². The predicted octanol–water partition coefficient (Wildman–Crippen LogP) is 15.5. The zero-order valence-electron chi connectivity index (χ0n) is 30.6. The molecule has 1 aromatic heterocycles. The van der Waals surface area contributed by atoms with E-state index in [4.69, 9.17) is 0 Å². The van der Waals surface area contributed by atoms with Crippen LogP contribution in [0.3, 0.4) is 0 Å². The van der Waals surface area contributed by atoms with E-state index in [1.165, 1.54) is 242 Å². The Morgan fingerprint density at radius 2 is 0.500 bits per heavy atom. The molecule has 44 heavy (non-hydrogen) atoms. The van der Waals surface area contributed by atoms with E-state index in [1.54, 1.807) is 0 Å². The standard InChI is InChI=1S/C43H81N/c1-3-5-7-9-11-13-15-17-19-21-23-25-27-29-31-33-35-37-42-39-43(41-44-40-42)38-36-34-32-30-28-26-24-22-20-18-16-14-12-10-8-6-4-2/h39-41H,3-38H2,1-2H3. The molecule has 1 heterocycles. The van der Waals surface area contributed by atoms with Gasteiger partial charge < -0.3 is 0 Å². The molecule has 1 heteroatoms. The zero-order chi connectivity index (χ0) is 31.4. The summed E-state index contributed by atoms with van der Waals surface area (Å²) in [6.45, 7) is 4.61. The smallest absolute Gasteiger partial charge is 0.0300 e. The van der Waals surface area contributed by atoms with Gasteiger partial charge in [-0.05, 0) is 36.8 Å². The van der Waals surface area contributed by atoms with Gasteiger partial charge in [0, 0.05) is 12.4 Å². The summed E-state index contributed by atoms with van der Waals surface area (Å²) in [4.78, 5) is 4.57. The van der Waals surface area contributed by atoms with Crippen molar-refractivity contribution in [3.8, 4) is 0 Å². The number of pyridine rings is 1. The highest BCUT2D eigenvalue weighted by Gasteiger charge is 2.00. The molecule has 0 saturated heterocycles. The molecule has 258 valence electrons. The van der Waals surface area contributed by atoms with E-state index in [2.05, 4.69) is 37.3 Å².